The van der Waals surface area contributed by atoms with Gasteiger partial charge in [-0.05, 0) is 48.9 Å². The molecule has 2 rings (SSSR count). The molecular weight excluding hydrogens is 225 g/mol. The molecule has 1 fully saturated rings. The van der Waals surface area contributed by atoms with Crippen molar-refractivity contribution in [3.05, 3.63) is 35.6 Å². The van der Waals surface area contributed by atoms with Crippen molar-refractivity contribution in [2.24, 2.45) is 11.1 Å². The van der Waals surface area contributed by atoms with Gasteiger partial charge in [-0.15, -0.1) is 0 Å². The first-order chi connectivity index (χ1) is 8.74. The summed E-state index contributed by atoms with van der Waals surface area (Å²) in [7, 11) is 0. The molecule has 1 aliphatic rings. The molecule has 0 unspecified atom stereocenters. The van der Waals surface area contributed by atoms with E-state index in [4.69, 9.17) is 5.73 Å². The van der Waals surface area contributed by atoms with Gasteiger partial charge in [-0.25, -0.2) is 4.39 Å². The molecule has 0 bridgehead atoms. The third-order valence-electron chi connectivity index (χ3n) is 4.34. The molecule has 0 spiro atoms. The summed E-state index contributed by atoms with van der Waals surface area (Å²) in [6.45, 7) is 0.754. The van der Waals surface area contributed by atoms with Crippen LogP contribution in [0.3, 0.4) is 0 Å². The molecule has 2 heteroatoms. The average molecular weight is 249 g/mol. The second kappa shape index (κ2) is 6.33. The van der Waals surface area contributed by atoms with Crippen molar-refractivity contribution in [1.29, 1.82) is 0 Å². The zero-order valence-corrected chi connectivity index (χ0v) is 11.1. The second-order valence-electron chi connectivity index (χ2n) is 5.78. The fourth-order valence-electron chi connectivity index (χ4n) is 3.14. The van der Waals surface area contributed by atoms with Crippen molar-refractivity contribution in [2.45, 2.75) is 51.4 Å². The first-order valence-electron chi connectivity index (χ1n) is 7.19. The van der Waals surface area contributed by atoms with E-state index in [1.807, 2.05) is 12.1 Å². The van der Waals surface area contributed by atoms with Gasteiger partial charge in [0.25, 0.3) is 0 Å². The molecular formula is C16H24FN. The van der Waals surface area contributed by atoms with Crippen LogP contribution in [-0.4, -0.2) is 6.54 Å². The molecule has 100 valence electrons. The summed E-state index contributed by atoms with van der Waals surface area (Å²) in [4.78, 5) is 0. The SMILES string of the molecule is NCC1(Cc2ccc(F)cc2)CCCCCCC1. The van der Waals surface area contributed by atoms with Gasteiger partial charge in [-0.2, -0.15) is 0 Å². The summed E-state index contributed by atoms with van der Waals surface area (Å²) in [5.74, 6) is -0.154. The smallest absolute Gasteiger partial charge is 0.123 e. The molecule has 18 heavy (non-hydrogen) atoms. The Hall–Kier alpha value is -0.890. The molecule has 1 aromatic carbocycles. The number of benzene rings is 1. The van der Waals surface area contributed by atoms with Crippen molar-refractivity contribution in [2.75, 3.05) is 6.54 Å². The largest absolute Gasteiger partial charge is 0.330 e. The minimum atomic E-state index is -0.154. The number of rotatable bonds is 3. The fraction of sp³-hybridized carbons (Fsp3) is 0.625. The summed E-state index contributed by atoms with van der Waals surface area (Å²) in [6, 6.07) is 6.93. The molecule has 0 aliphatic heterocycles. The van der Waals surface area contributed by atoms with Gasteiger partial charge in [-0.3, -0.25) is 0 Å². The molecule has 0 saturated heterocycles. The maximum absolute atomic E-state index is 12.9. The van der Waals surface area contributed by atoms with Crippen molar-refractivity contribution in [1.82, 2.24) is 0 Å². The van der Waals surface area contributed by atoms with Crippen LogP contribution in [0.4, 0.5) is 4.39 Å². The summed E-state index contributed by atoms with van der Waals surface area (Å²) < 4.78 is 12.9. The van der Waals surface area contributed by atoms with Gasteiger partial charge < -0.3 is 5.73 Å². The van der Waals surface area contributed by atoms with Crippen molar-refractivity contribution in [3.8, 4) is 0 Å². The number of hydrogen-bond acceptors (Lipinski definition) is 1. The van der Waals surface area contributed by atoms with E-state index in [9.17, 15) is 4.39 Å². The predicted octanol–water partition coefficient (Wildman–Crippen LogP) is 4.06. The maximum Gasteiger partial charge on any atom is 0.123 e. The lowest BCUT2D eigenvalue weighted by Gasteiger charge is -2.34. The van der Waals surface area contributed by atoms with Gasteiger partial charge in [0.1, 0.15) is 5.82 Å². The van der Waals surface area contributed by atoms with Crippen LogP contribution in [0.25, 0.3) is 0 Å². The molecule has 0 radical (unpaired) electrons. The Labute approximate surface area is 110 Å². The second-order valence-corrected chi connectivity index (χ2v) is 5.78. The molecule has 1 nitrogen and oxygen atoms in total. The Bertz CT molecular complexity index is 350. The summed E-state index contributed by atoms with van der Waals surface area (Å²) in [6.07, 6.45) is 10.1. The van der Waals surface area contributed by atoms with E-state index >= 15 is 0 Å². The van der Waals surface area contributed by atoms with Gasteiger partial charge in [0.05, 0.1) is 0 Å². The highest BCUT2D eigenvalue weighted by Crippen LogP contribution is 2.36. The Balaban J connectivity index is 2.07. The van der Waals surface area contributed by atoms with Crippen LogP contribution < -0.4 is 5.73 Å². The Morgan fingerprint density at radius 1 is 0.944 bits per heavy atom. The van der Waals surface area contributed by atoms with Crippen LogP contribution in [0.1, 0.15) is 50.5 Å². The third kappa shape index (κ3) is 3.55. The van der Waals surface area contributed by atoms with E-state index in [2.05, 4.69) is 0 Å². The number of halogens is 1. The van der Waals surface area contributed by atoms with Crippen LogP contribution in [0.15, 0.2) is 24.3 Å². The fourth-order valence-corrected chi connectivity index (χ4v) is 3.14. The summed E-state index contributed by atoms with van der Waals surface area (Å²) in [5.41, 5.74) is 7.54. The highest BCUT2D eigenvalue weighted by atomic mass is 19.1. The standard InChI is InChI=1S/C16H24FN/c17-15-8-6-14(7-9-15)12-16(13-18)10-4-2-1-3-5-11-16/h6-9H,1-5,10-13,18H2. The van der Waals surface area contributed by atoms with Crippen LogP contribution in [0.5, 0.6) is 0 Å². The number of nitrogens with two attached hydrogens (primary N) is 1. The van der Waals surface area contributed by atoms with Crippen molar-refractivity contribution in [3.63, 3.8) is 0 Å². The number of hydrogen-bond donors (Lipinski definition) is 1. The molecule has 0 aromatic heterocycles. The normalized spacial score (nSPS) is 20.1. The lowest BCUT2D eigenvalue weighted by atomic mass is 9.72. The van der Waals surface area contributed by atoms with Gasteiger partial charge in [0.15, 0.2) is 0 Å². The van der Waals surface area contributed by atoms with Gasteiger partial charge in [0, 0.05) is 0 Å². The Kier molecular flexibility index (Phi) is 4.76. The van der Waals surface area contributed by atoms with Crippen molar-refractivity contribution < 1.29 is 4.39 Å². The average Bonchev–Trinajstić information content (AvgIpc) is 2.36. The first kappa shape index (κ1) is 13.5. The maximum atomic E-state index is 12.9. The molecule has 1 aliphatic carbocycles. The molecule has 1 saturated carbocycles. The van der Waals surface area contributed by atoms with Crippen LogP contribution in [-0.2, 0) is 6.42 Å². The van der Waals surface area contributed by atoms with Crippen molar-refractivity contribution >= 4 is 0 Å². The highest BCUT2D eigenvalue weighted by molar-refractivity contribution is 5.18. The summed E-state index contributed by atoms with van der Waals surface area (Å²) in [5, 5.41) is 0. The topological polar surface area (TPSA) is 26.0 Å². The van der Waals surface area contributed by atoms with Gasteiger partial charge >= 0.3 is 0 Å². The van der Waals surface area contributed by atoms with E-state index in [1.54, 1.807) is 12.1 Å². The van der Waals surface area contributed by atoms with Gasteiger partial charge in [-0.1, -0.05) is 44.2 Å². The molecule has 0 atom stereocenters. The van der Waals surface area contributed by atoms with Crippen LogP contribution in [0.2, 0.25) is 0 Å². The molecule has 0 amide bonds. The van der Waals surface area contributed by atoms with E-state index in [0.717, 1.165) is 13.0 Å². The van der Waals surface area contributed by atoms with E-state index < -0.39 is 0 Å². The predicted molar refractivity (Wildman–Crippen MR) is 73.9 cm³/mol. The highest BCUT2D eigenvalue weighted by Gasteiger charge is 2.28. The van der Waals surface area contributed by atoms with Gasteiger partial charge in [0.2, 0.25) is 0 Å². The zero-order valence-electron chi connectivity index (χ0n) is 11.1. The molecule has 1 aromatic rings. The third-order valence-corrected chi connectivity index (χ3v) is 4.34. The molecule has 0 heterocycles. The van der Waals surface area contributed by atoms with E-state index in [0.29, 0.717) is 0 Å². The quantitative estimate of drug-likeness (QED) is 0.859. The Morgan fingerprint density at radius 2 is 1.50 bits per heavy atom. The van der Waals surface area contributed by atoms with Crippen LogP contribution in [0, 0.1) is 11.2 Å². The lowest BCUT2D eigenvalue weighted by molar-refractivity contribution is 0.217. The lowest BCUT2D eigenvalue weighted by Crippen LogP contribution is -2.33. The molecule has 2 N–H and O–H groups in total. The zero-order chi connectivity index (χ0) is 12.8. The first-order valence-corrected chi connectivity index (χ1v) is 7.19. The van der Waals surface area contributed by atoms with Crippen LogP contribution >= 0.6 is 0 Å². The van der Waals surface area contributed by atoms with E-state index in [-0.39, 0.29) is 11.2 Å². The van der Waals surface area contributed by atoms with E-state index in [1.165, 1.54) is 50.5 Å². The minimum absolute atomic E-state index is 0.154. The summed E-state index contributed by atoms with van der Waals surface area (Å²) >= 11 is 0. The monoisotopic (exact) mass is 249 g/mol. The minimum Gasteiger partial charge on any atom is -0.330 e. The Morgan fingerprint density at radius 3 is 2.06 bits per heavy atom.